The third kappa shape index (κ3) is 10.1. The molecule has 1 amide bonds. The number of methoxy groups -OCH3 is 4. The highest BCUT2D eigenvalue weighted by atomic mass is 16.7. The zero-order chi connectivity index (χ0) is 46.9. The molecule has 0 unspecified atom stereocenters. The molecule has 24 atom stereocenters. The van der Waals surface area contributed by atoms with Crippen molar-refractivity contribution < 1.29 is 82.4 Å². The summed E-state index contributed by atoms with van der Waals surface area (Å²) in [6, 6.07) is 0. The predicted octanol–water partition coefficient (Wildman–Crippen LogP) is 2.89. The van der Waals surface area contributed by atoms with Crippen LogP contribution in [0.25, 0.3) is 0 Å². The van der Waals surface area contributed by atoms with Crippen molar-refractivity contribution in [3.63, 3.8) is 0 Å². The maximum Gasteiger partial charge on any atom is 0.222 e. The van der Waals surface area contributed by atoms with E-state index in [1.807, 2.05) is 27.7 Å². The third-order valence-electron chi connectivity index (χ3n) is 16.8. The summed E-state index contributed by atoms with van der Waals surface area (Å²) < 4.78 is 77.8. The minimum Gasteiger partial charge on any atom is -0.412 e. The number of amides is 1. The lowest BCUT2D eigenvalue weighted by atomic mass is 9.75. The van der Waals surface area contributed by atoms with E-state index in [4.69, 9.17) is 62.6 Å². The van der Waals surface area contributed by atoms with E-state index in [2.05, 4.69) is 20.8 Å². The average molecular weight is 934 g/mol. The van der Waals surface area contributed by atoms with Crippen LogP contribution in [0.1, 0.15) is 120 Å². The summed E-state index contributed by atoms with van der Waals surface area (Å²) in [5.74, 6) is -6.38. The summed E-state index contributed by atoms with van der Waals surface area (Å²) in [5.41, 5.74) is 4.01. The molecule has 7 N–H and O–H groups in total. The van der Waals surface area contributed by atoms with E-state index in [0.717, 1.165) is 6.42 Å². The first kappa shape index (κ1) is 53.2. The molecule has 7 saturated heterocycles. The van der Waals surface area contributed by atoms with Gasteiger partial charge in [-0.3, -0.25) is 4.79 Å². The van der Waals surface area contributed by atoms with Crippen molar-refractivity contribution in [2.24, 2.45) is 35.3 Å². The zero-order valence-electron chi connectivity index (χ0n) is 41.1. The van der Waals surface area contributed by atoms with Gasteiger partial charge < -0.3 is 83.4 Å². The van der Waals surface area contributed by atoms with Crippen LogP contribution in [-0.2, 0) is 61.6 Å². The van der Waals surface area contributed by atoms with Crippen LogP contribution in [0.2, 0.25) is 0 Å². The molecule has 18 heteroatoms. The second-order valence-corrected chi connectivity index (χ2v) is 21.4. The Bertz CT molecular complexity index is 1610. The normalized spacial score (nSPS) is 53.2. The molecule has 7 heterocycles. The Balaban J connectivity index is 0.00000700. The molecule has 7 aliphatic rings. The lowest BCUT2D eigenvalue weighted by Crippen LogP contribution is -2.66. The molecule has 0 aromatic rings. The van der Waals surface area contributed by atoms with Crippen molar-refractivity contribution in [1.29, 1.82) is 0 Å². The third-order valence-corrected chi connectivity index (χ3v) is 16.8. The summed E-state index contributed by atoms with van der Waals surface area (Å²) in [6.07, 6.45) is -2.61. The number of aliphatic hydroxyl groups excluding tert-OH is 1. The Morgan fingerprint density at radius 2 is 1.46 bits per heavy atom. The molecule has 378 valence electrons. The van der Waals surface area contributed by atoms with E-state index in [1.165, 1.54) is 7.11 Å². The number of nitrogens with two attached hydrogens (primary N) is 1. The van der Waals surface area contributed by atoms with Gasteiger partial charge in [0.15, 0.2) is 23.7 Å². The van der Waals surface area contributed by atoms with Gasteiger partial charge >= 0.3 is 0 Å². The molecule has 7 aliphatic heterocycles. The van der Waals surface area contributed by atoms with E-state index in [-0.39, 0.29) is 66.3 Å². The summed E-state index contributed by atoms with van der Waals surface area (Å²) in [5, 5.41) is 34.7. The first-order chi connectivity index (χ1) is 30.0. The van der Waals surface area contributed by atoms with E-state index in [0.29, 0.717) is 38.5 Å². The van der Waals surface area contributed by atoms with Gasteiger partial charge in [0.05, 0.1) is 78.7 Å². The number of carbonyl (C=O) groups is 1. The standard InChI is InChI=1S/C47H81NO16.H2O/c1-23-18-24(2)45(9,51)61-36(23)31-19-32(58-35-20-30(53-10)40(55-12)28(6)57-35)42(59-31)44(8)15-14-33(60-44)43(7)16-17-46(64-43)21-29(49)25(3)37(62-46)26(4)38-41(56-13)39(54-11)27(5)47(52,63-38)22-34(48)50;/h23-33,35-42,49,51-52H,14-22H2,1-13H3,(H2,48,50);1H2/t23-,24+,25+,26+,27-,28-,29-,30-,31+,32-,33+,35+,36-,37-,38-,39-,40-,41-,42+,43-,44-,45-,46+,47+;/m0./s1. The van der Waals surface area contributed by atoms with E-state index in [1.54, 1.807) is 35.2 Å². The minimum absolute atomic E-state index is 0. The Morgan fingerprint density at radius 3 is 2.09 bits per heavy atom. The van der Waals surface area contributed by atoms with Crippen LogP contribution in [0.3, 0.4) is 0 Å². The van der Waals surface area contributed by atoms with Crippen molar-refractivity contribution in [3.05, 3.63) is 0 Å². The molecular weight excluding hydrogens is 851 g/mol. The fraction of sp³-hybridized carbons (Fsp3) is 0.979. The van der Waals surface area contributed by atoms with E-state index >= 15 is 0 Å². The Morgan fingerprint density at radius 1 is 0.785 bits per heavy atom. The van der Waals surface area contributed by atoms with Gasteiger partial charge in [0.1, 0.15) is 18.3 Å². The van der Waals surface area contributed by atoms with Gasteiger partial charge in [-0.1, -0.05) is 34.6 Å². The number of aliphatic hydroxyl groups is 3. The lowest BCUT2D eigenvalue weighted by molar-refractivity contribution is -0.364. The first-order valence-corrected chi connectivity index (χ1v) is 23.9. The average Bonchev–Trinajstić information content (AvgIpc) is 3.94. The van der Waals surface area contributed by atoms with Gasteiger partial charge in [0.2, 0.25) is 5.91 Å². The van der Waals surface area contributed by atoms with E-state index < -0.39 is 102 Å². The summed E-state index contributed by atoms with van der Waals surface area (Å²) >= 11 is 0. The molecule has 0 aromatic carbocycles. The van der Waals surface area contributed by atoms with Gasteiger partial charge in [0.25, 0.3) is 0 Å². The van der Waals surface area contributed by atoms with Crippen LogP contribution in [0.5, 0.6) is 0 Å². The molecule has 0 radical (unpaired) electrons. The molecular formula is C47H83NO17. The fourth-order valence-corrected chi connectivity index (χ4v) is 12.7. The van der Waals surface area contributed by atoms with Crippen LogP contribution in [0.4, 0.5) is 0 Å². The highest BCUT2D eigenvalue weighted by molar-refractivity contribution is 5.74. The molecule has 0 saturated carbocycles. The number of primary amides is 1. The molecule has 18 nitrogen and oxygen atoms in total. The number of hydrogen-bond acceptors (Lipinski definition) is 16. The second-order valence-electron chi connectivity index (χ2n) is 21.4. The van der Waals surface area contributed by atoms with Gasteiger partial charge in [-0.25, -0.2) is 0 Å². The minimum atomic E-state index is -1.91. The maximum absolute atomic E-state index is 12.1. The Hall–Kier alpha value is -1.17. The van der Waals surface area contributed by atoms with Crippen molar-refractivity contribution in [1.82, 2.24) is 0 Å². The molecule has 7 rings (SSSR count). The van der Waals surface area contributed by atoms with Crippen molar-refractivity contribution >= 4 is 5.91 Å². The van der Waals surface area contributed by atoms with Crippen LogP contribution in [0, 0.1) is 29.6 Å². The summed E-state index contributed by atoms with van der Waals surface area (Å²) in [6.45, 7) is 17.6. The SMILES string of the molecule is CO[C@@H]1[C@@H](OC)[C@H](C)[C@@](O)(CC(N)=O)O[C@H]1[C@H](C)[C@H]1O[C@@]2(CC[C@@](C)([C@H]3CC[C@@](C)([C@@H]4O[C@@H]([C@H]5O[C@](C)(O)[C@H](C)C[C@@H]5C)C[C@@H]4O[C@@H]4C[C@H](OC)[C@@H](OC)[C@H](C)O4)O3)O2)C[C@H](O)[C@H]1C.O. The quantitative estimate of drug-likeness (QED) is 0.207. The van der Waals surface area contributed by atoms with Crippen molar-refractivity contribution in [3.8, 4) is 0 Å². The van der Waals surface area contributed by atoms with Crippen LogP contribution < -0.4 is 5.73 Å². The van der Waals surface area contributed by atoms with Gasteiger partial charge in [0, 0.05) is 77.8 Å². The molecule has 0 aliphatic carbocycles. The van der Waals surface area contributed by atoms with Gasteiger partial charge in [-0.15, -0.1) is 0 Å². The highest BCUT2D eigenvalue weighted by Gasteiger charge is 2.64. The van der Waals surface area contributed by atoms with Crippen LogP contribution in [0.15, 0.2) is 0 Å². The molecule has 0 aromatic heterocycles. The number of carbonyl (C=O) groups excluding carboxylic acids is 1. The maximum atomic E-state index is 12.1. The summed E-state index contributed by atoms with van der Waals surface area (Å²) in [7, 11) is 6.43. The molecule has 7 fully saturated rings. The first-order valence-electron chi connectivity index (χ1n) is 23.9. The molecule has 65 heavy (non-hydrogen) atoms. The summed E-state index contributed by atoms with van der Waals surface area (Å²) in [4.78, 5) is 12.1. The topological polar surface area (TPSA) is 246 Å². The molecule has 1 spiro atoms. The predicted molar refractivity (Wildman–Crippen MR) is 233 cm³/mol. The second kappa shape index (κ2) is 19.9. The Labute approximate surface area is 385 Å². The highest BCUT2D eigenvalue weighted by Crippen LogP contribution is 2.55. The van der Waals surface area contributed by atoms with Gasteiger partial charge in [-0.05, 0) is 59.3 Å². The van der Waals surface area contributed by atoms with Crippen LogP contribution in [-0.4, -0.2) is 169 Å². The van der Waals surface area contributed by atoms with E-state index in [9.17, 15) is 20.1 Å². The number of rotatable bonds is 13. The van der Waals surface area contributed by atoms with Crippen LogP contribution >= 0.6 is 0 Å². The van der Waals surface area contributed by atoms with Crippen molar-refractivity contribution in [2.75, 3.05) is 28.4 Å². The molecule has 0 bridgehead atoms. The van der Waals surface area contributed by atoms with Gasteiger partial charge in [-0.2, -0.15) is 0 Å². The lowest BCUT2D eigenvalue weighted by Gasteiger charge is -2.53. The largest absolute Gasteiger partial charge is 0.412 e. The smallest absolute Gasteiger partial charge is 0.222 e. The Kier molecular flexibility index (Phi) is 16.3. The zero-order valence-corrected chi connectivity index (χ0v) is 41.1. The number of ether oxygens (including phenoxy) is 12. The van der Waals surface area contributed by atoms with Crippen molar-refractivity contribution in [2.45, 2.75) is 234 Å². The number of hydrogen-bond donors (Lipinski definition) is 4. The fourth-order valence-electron chi connectivity index (χ4n) is 12.7. The monoisotopic (exact) mass is 934 g/mol.